The minimum Gasteiger partial charge on any atom is -0.366 e. The zero-order chi connectivity index (χ0) is 32.7. The first-order valence-corrected chi connectivity index (χ1v) is 16.7. The number of carbonyl (C=O) groups excluding carboxylic acids is 2. The van der Waals surface area contributed by atoms with Crippen LogP contribution in [-0.2, 0) is 36.6 Å². The molecule has 2 amide bonds. The van der Waals surface area contributed by atoms with E-state index < -0.39 is 29.9 Å². The highest BCUT2D eigenvalue weighted by Gasteiger charge is 2.46. The summed E-state index contributed by atoms with van der Waals surface area (Å²) in [4.78, 5) is 25.9. The first kappa shape index (κ1) is 33.7. The second-order valence-corrected chi connectivity index (χ2v) is 13.9. The lowest BCUT2D eigenvalue weighted by Crippen LogP contribution is -2.33. The van der Waals surface area contributed by atoms with E-state index in [-0.39, 0.29) is 18.2 Å². The standard InChI is InChI=1S/C32H38N6O6S2/c1-31(2,41)42-22(20-13-7-5-8-14-20)19-23(39)33-29-37-35-24(45-29)17-11-12-18-25-36-38-30(46-25)34-28(40)27-26(43-32(3,4)44-27)21-15-9-6-10-16-21/h5-10,13-16,22,26-27,41H,11-12,17-19H2,1-4H3,(H,33,37,39)(H,34,38,40)/t22-,26+,27-/m1/s1. The smallest absolute Gasteiger partial charge is 0.258 e. The third-order valence-electron chi connectivity index (χ3n) is 6.90. The van der Waals surface area contributed by atoms with Gasteiger partial charge in [-0.05, 0) is 51.7 Å². The van der Waals surface area contributed by atoms with E-state index >= 15 is 0 Å². The average molecular weight is 667 g/mol. The molecule has 0 spiro atoms. The van der Waals surface area contributed by atoms with Crippen LogP contribution in [0.4, 0.5) is 10.3 Å². The van der Waals surface area contributed by atoms with E-state index in [4.69, 9.17) is 14.2 Å². The van der Waals surface area contributed by atoms with Crippen molar-refractivity contribution in [2.45, 2.75) is 89.7 Å². The van der Waals surface area contributed by atoms with Gasteiger partial charge < -0.3 is 24.6 Å². The van der Waals surface area contributed by atoms with E-state index in [9.17, 15) is 14.7 Å². The Kier molecular flexibility index (Phi) is 10.9. The Morgan fingerprint density at radius 3 is 2.04 bits per heavy atom. The van der Waals surface area contributed by atoms with Crippen molar-refractivity contribution in [2.24, 2.45) is 0 Å². The highest BCUT2D eigenvalue weighted by atomic mass is 32.1. The van der Waals surface area contributed by atoms with Crippen molar-refractivity contribution in [3.05, 3.63) is 81.8 Å². The second kappa shape index (κ2) is 14.8. The number of rotatable bonds is 14. The third-order valence-corrected chi connectivity index (χ3v) is 8.69. The monoisotopic (exact) mass is 666 g/mol. The summed E-state index contributed by atoms with van der Waals surface area (Å²) in [6.07, 6.45) is 1.10. The van der Waals surface area contributed by atoms with Crippen LogP contribution in [0, 0.1) is 0 Å². The first-order valence-electron chi connectivity index (χ1n) is 15.1. The number of aryl methyl sites for hydroxylation is 2. The van der Waals surface area contributed by atoms with Gasteiger partial charge in [0, 0.05) is 12.8 Å². The fraction of sp³-hybridized carbons (Fsp3) is 0.438. The molecule has 3 atom stereocenters. The van der Waals surface area contributed by atoms with Crippen molar-refractivity contribution in [1.29, 1.82) is 0 Å². The summed E-state index contributed by atoms with van der Waals surface area (Å²) >= 11 is 2.66. The number of aliphatic hydroxyl groups is 1. The Labute approximate surface area is 275 Å². The number of aromatic nitrogens is 4. The topological polar surface area (TPSA) is 158 Å². The zero-order valence-corrected chi connectivity index (χ0v) is 27.8. The highest BCUT2D eigenvalue weighted by Crippen LogP contribution is 2.39. The van der Waals surface area contributed by atoms with Gasteiger partial charge in [0.25, 0.3) is 5.91 Å². The van der Waals surface area contributed by atoms with E-state index in [1.54, 1.807) is 13.8 Å². The van der Waals surface area contributed by atoms with Crippen LogP contribution in [0.25, 0.3) is 0 Å². The molecule has 0 bridgehead atoms. The maximum atomic E-state index is 13.1. The second-order valence-electron chi connectivity index (χ2n) is 11.8. The molecule has 1 fully saturated rings. The summed E-state index contributed by atoms with van der Waals surface area (Å²) in [7, 11) is 0. The molecule has 5 rings (SSSR count). The van der Waals surface area contributed by atoms with E-state index in [0.29, 0.717) is 23.1 Å². The van der Waals surface area contributed by atoms with Crippen molar-refractivity contribution < 1.29 is 28.9 Å². The molecule has 1 aliphatic rings. The Balaban J connectivity index is 1.06. The lowest BCUT2D eigenvalue weighted by Gasteiger charge is -2.26. The maximum absolute atomic E-state index is 13.1. The van der Waals surface area contributed by atoms with Crippen LogP contribution < -0.4 is 10.6 Å². The number of unbranched alkanes of at least 4 members (excludes halogenated alkanes) is 1. The summed E-state index contributed by atoms with van der Waals surface area (Å²) in [6.45, 7) is 6.64. The summed E-state index contributed by atoms with van der Waals surface area (Å²) in [5.41, 5.74) is 1.66. The largest absolute Gasteiger partial charge is 0.366 e. The Hall–Kier alpha value is -3.66. The summed E-state index contributed by atoms with van der Waals surface area (Å²) < 4.78 is 17.7. The minimum absolute atomic E-state index is 0.0141. The van der Waals surface area contributed by atoms with Gasteiger partial charge in [-0.15, -0.1) is 20.4 Å². The molecule has 4 aromatic rings. The van der Waals surface area contributed by atoms with Gasteiger partial charge in [0.1, 0.15) is 16.1 Å². The molecule has 12 nitrogen and oxygen atoms in total. The van der Waals surface area contributed by atoms with Crippen LogP contribution in [0.15, 0.2) is 60.7 Å². The van der Waals surface area contributed by atoms with Gasteiger partial charge in [0.05, 0.1) is 12.5 Å². The Morgan fingerprint density at radius 2 is 1.46 bits per heavy atom. The van der Waals surface area contributed by atoms with Crippen molar-refractivity contribution in [3.8, 4) is 0 Å². The van der Waals surface area contributed by atoms with Gasteiger partial charge in [0.15, 0.2) is 17.7 Å². The molecule has 2 aromatic heterocycles. The lowest BCUT2D eigenvalue weighted by molar-refractivity contribution is -0.208. The normalized spacial score (nSPS) is 18.3. The van der Waals surface area contributed by atoms with Crippen LogP contribution in [0.1, 0.15) is 80.3 Å². The number of anilines is 2. The number of hydrogen-bond donors (Lipinski definition) is 3. The summed E-state index contributed by atoms with van der Waals surface area (Å²) in [5, 5.41) is 34.9. The molecule has 46 heavy (non-hydrogen) atoms. The quantitative estimate of drug-likeness (QED) is 0.114. The number of nitrogens with one attached hydrogen (secondary N) is 2. The molecule has 244 valence electrons. The Morgan fingerprint density at radius 1 is 0.891 bits per heavy atom. The molecule has 2 aromatic carbocycles. The summed E-state index contributed by atoms with van der Waals surface area (Å²) in [5.74, 6) is -2.91. The fourth-order valence-electron chi connectivity index (χ4n) is 4.96. The van der Waals surface area contributed by atoms with E-state index in [1.807, 2.05) is 60.7 Å². The van der Waals surface area contributed by atoms with Gasteiger partial charge in [-0.2, -0.15) is 0 Å². The first-order chi connectivity index (χ1) is 21.9. The van der Waals surface area contributed by atoms with Crippen LogP contribution in [-0.4, -0.2) is 55.0 Å². The van der Waals surface area contributed by atoms with Crippen LogP contribution >= 0.6 is 22.7 Å². The SMILES string of the molecule is CC(C)(O)O[C@H](CC(=O)Nc1nnc(CCCCc2nnc(NC(=O)[C@@H]3OC(C)(C)O[C@H]3c3ccccc3)s2)s1)c1ccccc1. The average Bonchev–Trinajstić information content (AvgIpc) is 3.73. The van der Waals surface area contributed by atoms with Crippen molar-refractivity contribution in [2.75, 3.05) is 10.6 Å². The molecule has 3 heterocycles. The van der Waals surface area contributed by atoms with Gasteiger partial charge >= 0.3 is 0 Å². The maximum Gasteiger partial charge on any atom is 0.258 e. The van der Waals surface area contributed by atoms with Crippen molar-refractivity contribution >= 4 is 44.8 Å². The van der Waals surface area contributed by atoms with Crippen molar-refractivity contribution in [3.63, 3.8) is 0 Å². The van der Waals surface area contributed by atoms with Gasteiger partial charge in [-0.25, -0.2) is 0 Å². The minimum atomic E-state index is -1.40. The number of benzene rings is 2. The van der Waals surface area contributed by atoms with Crippen molar-refractivity contribution in [1.82, 2.24) is 20.4 Å². The molecule has 0 aliphatic carbocycles. The Bertz CT molecular complexity index is 1590. The predicted octanol–water partition coefficient (Wildman–Crippen LogP) is 5.60. The highest BCUT2D eigenvalue weighted by molar-refractivity contribution is 7.15. The number of ether oxygens (including phenoxy) is 3. The summed E-state index contributed by atoms with van der Waals surface area (Å²) in [6, 6.07) is 18.8. The van der Waals surface area contributed by atoms with E-state index in [1.165, 1.54) is 36.5 Å². The third kappa shape index (κ3) is 9.67. The molecule has 0 unspecified atom stereocenters. The van der Waals surface area contributed by atoms with E-state index in [2.05, 4.69) is 31.0 Å². The van der Waals surface area contributed by atoms with Crippen LogP contribution in [0.3, 0.4) is 0 Å². The molecular weight excluding hydrogens is 629 g/mol. The van der Waals surface area contributed by atoms with Gasteiger partial charge in [-0.1, -0.05) is 83.3 Å². The molecule has 1 aliphatic heterocycles. The number of nitrogens with zero attached hydrogens (tertiary/aromatic N) is 4. The molecule has 3 N–H and O–H groups in total. The molecular formula is C32H38N6O6S2. The van der Waals surface area contributed by atoms with E-state index in [0.717, 1.165) is 34.0 Å². The van der Waals surface area contributed by atoms with Crippen LogP contribution in [0.2, 0.25) is 0 Å². The number of hydrogen-bond acceptors (Lipinski definition) is 12. The fourth-order valence-corrected chi connectivity index (χ4v) is 6.54. The number of amides is 2. The number of carbonyl (C=O) groups is 2. The van der Waals surface area contributed by atoms with Gasteiger partial charge in [-0.3, -0.25) is 14.9 Å². The lowest BCUT2D eigenvalue weighted by atomic mass is 10.0. The molecule has 14 heteroatoms. The molecule has 0 saturated carbocycles. The predicted molar refractivity (Wildman–Crippen MR) is 174 cm³/mol. The van der Waals surface area contributed by atoms with Gasteiger partial charge in [0.2, 0.25) is 16.2 Å². The molecule has 0 radical (unpaired) electrons. The zero-order valence-electron chi connectivity index (χ0n) is 26.1. The molecule has 1 saturated heterocycles. The van der Waals surface area contributed by atoms with Crippen LogP contribution in [0.5, 0.6) is 0 Å².